The summed E-state index contributed by atoms with van der Waals surface area (Å²) >= 11 is 5.06. The monoisotopic (exact) mass is 253 g/mol. The van der Waals surface area contributed by atoms with E-state index in [1.807, 2.05) is 19.1 Å². The second kappa shape index (κ2) is 7.84. The maximum absolute atomic E-state index is 5.33. The lowest BCUT2D eigenvalue weighted by molar-refractivity contribution is 0.527. The third kappa shape index (κ3) is 6.06. The van der Waals surface area contributed by atoms with E-state index in [9.17, 15) is 0 Å². The molecule has 0 spiro atoms. The Bertz CT molecular complexity index is 374. The highest BCUT2D eigenvalue weighted by atomic mass is 32.1. The fraction of sp³-hybridized carbons (Fsp3) is 0.500. The van der Waals surface area contributed by atoms with Gasteiger partial charge in [0.15, 0.2) is 5.11 Å². The molecule has 1 aromatic rings. The smallest absolute Gasteiger partial charge is 0.186 e. The van der Waals surface area contributed by atoms with Crippen molar-refractivity contribution in [1.82, 2.24) is 10.7 Å². The molecule has 0 unspecified atom stereocenters. The molecule has 0 amide bonds. The molecular weight excluding hydrogens is 234 g/mol. The Balaban J connectivity index is 2.17. The molecular formula is C12H19N3OS. The molecule has 0 fully saturated rings. The molecule has 1 heterocycles. The van der Waals surface area contributed by atoms with Crippen LogP contribution in [0.5, 0.6) is 0 Å². The van der Waals surface area contributed by atoms with Crippen LogP contribution in [0.2, 0.25) is 0 Å². The molecule has 5 heteroatoms. The molecule has 4 nitrogen and oxygen atoms in total. The Morgan fingerprint density at radius 1 is 1.47 bits per heavy atom. The van der Waals surface area contributed by atoms with Gasteiger partial charge in [-0.05, 0) is 37.7 Å². The Morgan fingerprint density at radius 3 is 2.94 bits per heavy atom. The Hall–Kier alpha value is -1.36. The third-order valence-corrected chi connectivity index (χ3v) is 2.42. The number of hydrogen-bond acceptors (Lipinski definition) is 3. The van der Waals surface area contributed by atoms with E-state index in [1.54, 1.807) is 6.21 Å². The zero-order chi connectivity index (χ0) is 12.5. The van der Waals surface area contributed by atoms with Gasteiger partial charge in [-0.3, -0.25) is 5.43 Å². The van der Waals surface area contributed by atoms with Gasteiger partial charge in [0.05, 0.1) is 6.21 Å². The van der Waals surface area contributed by atoms with Crippen molar-refractivity contribution in [3.63, 3.8) is 0 Å². The molecule has 0 radical (unpaired) electrons. The maximum Gasteiger partial charge on any atom is 0.186 e. The van der Waals surface area contributed by atoms with E-state index >= 15 is 0 Å². The van der Waals surface area contributed by atoms with Gasteiger partial charge in [0.1, 0.15) is 11.5 Å². The van der Waals surface area contributed by atoms with Crippen molar-refractivity contribution >= 4 is 23.5 Å². The summed E-state index contributed by atoms with van der Waals surface area (Å²) in [6.07, 6.45) is 5.15. The summed E-state index contributed by atoms with van der Waals surface area (Å²) in [7, 11) is 0. The fourth-order valence-electron chi connectivity index (χ4n) is 1.29. The van der Waals surface area contributed by atoms with Crippen LogP contribution in [-0.4, -0.2) is 17.9 Å². The molecule has 0 saturated carbocycles. The lowest BCUT2D eigenvalue weighted by Crippen LogP contribution is -2.32. The van der Waals surface area contributed by atoms with Crippen molar-refractivity contribution in [2.45, 2.75) is 33.1 Å². The first-order valence-electron chi connectivity index (χ1n) is 5.85. The van der Waals surface area contributed by atoms with E-state index in [0.29, 0.717) is 10.9 Å². The summed E-state index contributed by atoms with van der Waals surface area (Å²) in [4.78, 5) is 0. The average Bonchev–Trinajstić information content (AvgIpc) is 2.71. The maximum atomic E-state index is 5.33. The predicted molar refractivity (Wildman–Crippen MR) is 74.3 cm³/mol. The SMILES string of the molecule is CCCCCNC(=S)N/N=C\c1ccc(C)o1. The zero-order valence-electron chi connectivity index (χ0n) is 10.3. The Labute approximate surface area is 107 Å². The van der Waals surface area contributed by atoms with E-state index in [4.69, 9.17) is 16.6 Å². The van der Waals surface area contributed by atoms with Gasteiger partial charge in [0, 0.05) is 6.54 Å². The van der Waals surface area contributed by atoms with Gasteiger partial charge in [-0.1, -0.05) is 19.8 Å². The summed E-state index contributed by atoms with van der Waals surface area (Å²) in [5.74, 6) is 1.58. The normalized spacial score (nSPS) is 10.7. The number of aryl methyl sites for hydroxylation is 1. The van der Waals surface area contributed by atoms with Crippen LogP contribution in [0.1, 0.15) is 37.7 Å². The van der Waals surface area contributed by atoms with E-state index in [-0.39, 0.29) is 0 Å². The van der Waals surface area contributed by atoms with Gasteiger partial charge in [-0.2, -0.15) is 5.10 Å². The number of thiocarbonyl (C=S) groups is 1. The van der Waals surface area contributed by atoms with E-state index in [0.717, 1.165) is 18.7 Å². The topological polar surface area (TPSA) is 49.6 Å². The summed E-state index contributed by atoms with van der Waals surface area (Å²) in [6, 6.07) is 3.75. The molecule has 0 aliphatic carbocycles. The Kier molecular flexibility index (Phi) is 6.32. The number of nitrogens with zero attached hydrogens (tertiary/aromatic N) is 1. The van der Waals surface area contributed by atoms with Crippen LogP contribution in [0.3, 0.4) is 0 Å². The molecule has 0 saturated heterocycles. The van der Waals surface area contributed by atoms with Crippen LogP contribution >= 0.6 is 12.2 Å². The number of nitrogens with one attached hydrogen (secondary N) is 2. The highest BCUT2D eigenvalue weighted by Crippen LogP contribution is 2.02. The highest BCUT2D eigenvalue weighted by Gasteiger charge is 1.94. The molecule has 0 atom stereocenters. The minimum Gasteiger partial charge on any atom is -0.460 e. The second-order valence-corrected chi connectivity index (χ2v) is 4.19. The van der Waals surface area contributed by atoms with Crippen LogP contribution in [0.4, 0.5) is 0 Å². The van der Waals surface area contributed by atoms with E-state index < -0.39 is 0 Å². The molecule has 94 valence electrons. The van der Waals surface area contributed by atoms with Gasteiger partial charge in [0.2, 0.25) is 0 Å². The molecule has 0 bridgehead atoms. The van der Waals surface area contributed by atoms with Crippen molar-refractivity contribution in [3.8, 4) is 0 Å². The second-order valence-electron chi connectivity index (χ2n) is 3.78. The number of rotatable bonds is 6. The fourth-order valence-corrected chi connectivity index (χ4v) is 1.45. The molecule has 0 aliphatic heterocycles. The number of furan rings is 1. The van der Waals surface area contributed by atoms with Crippen molar-refractivity contribution < 1.29 is 4.42 Å². The summed E-state index contributed by atoms with van der Waals surface area (Å²) < 4.78 is 5.33. The van der Waals surface area contributed by atoms with Gasteiger partial charge < -0.3 is 9.73 Å². The standard InChI is InChI=1S/C12H19N3OS/c1-3-4-5-8-13-12(17)15-14-9-11-7-6-10(2)16-11/h6-7,9H,3-5,8H2,1-2H3,(H2,13,15,17)/b14-9-. The number of unbranched alkanes of at least 4 members (excludes halogenated alkanes) is 2. The first kappa shape index (κ1) is 13.7. The van der Waals surface area contributed by atoms with Crippen molar-refractivity contribution in [1.29, 1.82) is 0 Å². The zero-order valence-corrected chi connectivity index (χ0v) is 11.1. The summed E-state index contributed by atoms with van der Waals surface area (Å²) in [5.41, 5.74) is 2.75. The minimum atomic E-state index is 0.542. The van der Waals surface area contributed by atoms with Crippen LogP contribution < -0.4 is 10.7 Å². The molecule has 0 aliphatic rings. The van der Waals surface area contributed by atoms with E-state index in [1.165, 1.54) is 12.8 Å². The van der Waals surface area contributed by atoms with Gasteiger partial charge in [0.25, 0.3) is 0 Å². The lowest BCUT2D eigenvalue weighted by atomic mass is 10.2. The summed E-state index contributed by atoms with van der Waals surface area (Å²) in [6.45, 7) is 4.95. The van der Waals surface area contributed by atoms with Gasteiger partial charge >= 0.3 is 0 Å². The van der Waals surface area contributed by atoms with Crippen LogP contribution in [0.15, 0.2) is 21.7 Å². The van der Waals surface area contributed by atoms with Gasteiger partial charge in [-0.15, -0.1) is 0 Å². The predicted octanol–water partition coefficient (Wildman–Crippen LogP) is 2.58. The first-order chi connectivity index (χ1) is 8.22. The lowest BCUT2D eigenvalue weighted by Gasteiger charge is -2.05. The van der Waals surface area contributed by atoms with Crippen molar-refractivity contribution in [2.75, 3.05) is 6.54 Å². The largest absolute Gasteiger partial charge is 0.460 e. The van der Waals surface area contributed by atoms with Gasteiger partial charge in [-0.25, -0.2) is 0 Å². The van der Waals surface area contributed by atoms with Crippen LogP contribution in [0.25, 0.3) is 0 Å². The highest BCUT2D eigenvalue weighted by molar-refractivity contribution is 7.80. The average molecular weight is 253 g/mol. The van der Waals surface area contributed by atoms with Crippen LogP contribution in [0, 0.1) is 6.92 Å². The van der Waals surface area contributed by atoms with E-state index in [2.05, 4.69) is 22.8 Å². The quantitative estimate of drug-likeness (QED) is 0.354. The van der Waals surface area contributed by atoms with Crippen molar-refractivity contribution in [2.24, 2.45) is 5.10 Å². The molecule has 17 heavy (non-hydrogen) atoms. The molecule has 0 aromatic carbocycles. The molecule has 1 aromatic heterocycles. The Morgan fingerprint density at radius 2 is 2.29 bits per heavy atom. The molecule has 1 rings (SSSR count). The first-order valence-corrected chi connectivity index (χ1v) is 6.26. The number of hydrazone groups is 1. The minimum absolute atomic E-state index is 0.542. The number of hydrogen-bond donors (Lipinski definition) is 2. The van der Waals surface area contributed by atoms with Crippen molar-refractivity contribution in [3.05, 3.63) is 23.7 Å². The third-order valence-electron chi connectivity index (χ3n) is 2.18. The summed E-state index contributed by atoms with van der Waals surface area (Å²) in [5, 5.41) is 7.61. The van der Waals surface area contributed by atoms with Crippen LogP contribution in [-0.2, 0) is 0 Å². The molecule has 2 N–H and O–H groups in total.